The quantitative estimate of drug-likeness (QED) is 0.511. The van der Waals surface area contributed by atoms with Crippen LogP contribution in [-0.2, 0) is 9.53 Å². The Morgan fingerprint density at radius 1 is 1.29 bits per heavy atom. The molecule has 0 radical (unpaired) electrons. The second-order valence-electron chi connectivity index (χ2n) is 4.88. The lowest BCUT2D eigenvalue weighted by molar-refractivity contribution is -0.143. The number of ether oxygens (including phenoxy) is 1. The van der Waals surface area contributed by atoms with Crippen molar-refractivity contribution in [3.05, 3.63) is 64.4 Å². The highest BCUT2D eigenvalue weighted by molar-refractivity contribution is 7.10. The van der Waals surface area contributed by atoms with Crippen LogP contribution in [0.3, 0.4) is 0 Å². The number of aromatic nitrogens is 2. The molecule has 5 nitrogen and oxygen atoms in total. The zero-order valence-electron chi connectivity index (χ0n) is 12.7. The fourth-order valence-electron chi connectivity index (χ4n) is 1.91. The topological polar surface area (TPSA) is 65.2 Å². The van der Waals surface area contributed by atoms with Crippen LogP contribution in [0.4, 0.5) is 4.39 Å². The third-order valence-corrected chi connectivity index (χ3v) is 3.94. The Bertz CT molecular complexity index is 841. The first kappa shape index (κ1) is 16.1. The lowest BCUT2D eigenvalue weighted by Crippen LogP contribution is -2.06. The van der Waals surface area contributed by atoms with Crippen LogP contribution in [0, 0.1) is 5.82 Å². The van der Waals surface area contributed by atoms with Crippen molar-refractivity contribution < 1.29 is 18.3 Å². The molecule has 0 saturated heterocycles. The minimum atomic E-state index is -0.688. The lowest BCUT2D eigenvalue weighted by atomic mass is 10.2. The SMILES string of the molecule is C[C@H](OC(=O)/C=C/c1cccs1)c1nnc(-c2ccc(F)cc2)o1. The van der Waals surface area contributed by atoms with E-state index in [1.165, 1.54) is 41.7 Å². The number of esters is 1. The van der Waals surface area contributed by atoms with Gasteiger partial charge in [-0.1, -0.05) is 6.07 Å². The van der Waals surface area contributed by atoms with E-state index >= 15 is 0 Å². The van der Waals surface area contributed by atoms with E-state index in [9.17, 15) is 9.18 Å². The van der Waals surface area contributed by atoms with Gasteiger partial charge in [-0.15, -0.1) is 21.5 Å². The van der Waals surface area contributed by atoms with Crippen LogP contribution in [-0.4, -0.2) is 16.2 Å². The van der Waals surface area contributed by atoms with Gasteiger partial charge in [-0.05, 0) is 48.7 Å². The summed E-state index contributed by atoms with van der Waals surface area (Å²) >= 11 is 1.52. The first-order chi connectivity index (χ1) is 11.6. The maximum absolute atomic E-state index is 12.9. The summed E-state index contributed by atoms with van der Waals surface area (Å²) in [4.78, 5) is 12.8. The van der Waals surface area contributed by atoms with Gasteiger partial charge in [0.2, 0.25) is 5.89 Å². The fourth-order valence-corrected chi connectivity index (χ4v) is 2.53. The number of rotatable bonds is 5. The molecule has 0 aliphatic heterocycles. The van der Waals surface area contributed by atoms with Crippen LogP contribution in [0.15, 0.2) is 52.3 Å². The largest absolute Gasteiger partial charge is 0.449 e. The second-order valence-corrected chi connectivity index (χ2v) is 5.86. The minimum Gasteiger partial charge on any atom is -0.449 e. The van der Waals surface area contributed by atoms with E-state index in [0.717, 1.165) is 4.88 Å². The van der Waals surface area contributed by atoms with Gasteiger partial charge in [-0.3, -0.25) is 0 Å². The third-order valence-electron chi connectivity index (χ3n) is 3.10. The van der Waals surface area contributed by atoms with Crippen molar-refractivity contribution in [1.82, 2.24) is 10.2 Å². The van der Waals surface area contributed by atoms with Crippen molar-refractivity contribution in [2.75, 3.05) is 0 Å². The van der Waals surface area contributed by atoms with E-state index in [-0.39, 0.29) is 17.6 Å². The molecule has 0 N–H and O–H groups in total. The van der Waals surface area contributed by atoms with Gasteiger partial charge >= 0.3 is 5.97 Å². The van der Waals surface area contributed by atoms with Gasteiger partial charge in [0.05, 0.1) is 0 Å². The predicted octanol–water partition coefficient (Wildman–Crippen LogP) is 4.25. The average molecular weight is 344 g/mol. The van der Waals surface area contributed by atoms with Crippen molar-refractivity contribution in [3.8, 4) is 11.5 Å². The molecule has 0 aliphatic carbocycles. The Morgan fingerprint density at radius 3 is 2.79 bits per heavy atom. The van der Waals surface area contributed by atoms with E-state index < -0.39 is 12.1 Å². The lowest BCUT2D eigenvalue weighted by Gasteiger charge is -2.06. The first-order valence-corrected chi connectivity index (χ1v) is 8.01. The first-order valence-electron chi connectivity index (χ1n) is 7.13. The van der Waals surface area contributed by atoms with E-state index in [1.54, 1.807) is 13.0 Å². The van der Waals surface area contributed by atoms with Crippen LogP contribution in [0.25, 0.3) is 17.5 Å². The van der Waals surface area contributed by atoms with Crippen molar-refractivity contribution in [1.29, 1.82) is 0 Å². The summed E-state index contributed by atoms with van der Waals surface area (Å²) in [6.07, 6.45) is 2.34. The van der Waals surface area contributed by atoms with Crippen LogP contribution < -0.4 is 0 Å². The van der Waals surface area contributed by atoms with Gasteiger partial charge in [0, 0.05) is 16.5 Å². The molecule has 3 aromatic rings. The number of thiophene rings is 1. The molecule has 0 saturated carbocycles. The summed E-state index contributed by atoms with van der Waals surface area (Å²) in [5.41, 5.74) is 0.589. The van der Waals surface area contributed by atoms with Gasteiger partial charge in [0.25, 0.3) is 5.89 Å². The van der Waals surface area contributed by atoms with Crippen LogP contribution in [0.5, 0.6) is 0 Å². The molecule has 2 aromatic heterocycles. The summed E-state index contributed by atoms with van der Waals surface area (Å²) in [7, 11) is 0. The van der Waals surface area contributed by atoms with Crippen molar-refractivity contribution >= 4 is 23.4 Å². The Kier molecular flexibility index (Phi) is 4.81. The number of carbonyl (C=O) groups excluding carboxylic acids is 1. The molecule has 0 unspecified atom stereocenters. The van der Waals surface area contributed by atoms with Crippen LogP contribution in [0.2, 0.25) is 0 Å². The average Bonchev–Trinajstić information content (AvgIpc) is 3.25. The van der Waals surface area contributed by atoms with Gasteiger partial charge in [-0.2, -0.15) is 0 Å². The standard InChI is InChI=1S/C17H13FN2O3S/c1-11(22-15(21)9-8-14-3-2-10-24-14)16-19-20-17(23-16)12-4-6-13(18)7-5-12/h2-11H,1H3/b9-8+/t11-/m0/s1. The summed E-state index contributed by atoms with van der Waals surface area (Å²) in [5, 5.41) is 9.67. The molecule has 0 bridgehead atoms. The van der Waals surface area contributed by atoms with Crippen molar-refractivity contribution in [3.63, 3.8) is 0 Å². The summed E-state index contributed by atoms with van der Waals surface area (Å²) in [6, 6.07) is 9.47. The number of carbonyl (C=O) groups is 1. The highest BCUT2D eigenvalue weighted by Crippen LogP contribution is 2.22. The number of hydrogen-bond donors (Lipinski definition) is 0. The summed E-state index contributed by atoms with van der Waals surface area (Å²) in [5.74, 6) is -0.440. The monoisotopic (exact) mass is 344 g/mol. The Balaban J connectivity index is 1.64. The van der Waals surface area contributed by atoms with Crippen molar-refractivity contribution in [2.24, 2.45) is 0 Å². The second kappa shape index (κ2) is 7.18. The van der Waals surface area contributed by atoms with Crippen LogP contribution in [0.1, 0.15) is 23.8 Å². The molecule has 0 spiro atoms. The number of hydrogen-bond acceptors (Lipinski definition) is 6. The molecule has 24 heavy (non-hydrogen) atoms. The fraction of sp³-hybridized carbons (Fsp3) is 0.118. The molecule has 1 atom stereocenters. The number of halogens is 1. The maximum Gasteiger partial charge on any atom is 0.331 e. The molecule has 122 valence electrons. The van der Waals surface area contributed by atoms with Gasteiger partial charge in [0.1, 0.15) is 5.82 Å². The van der Waals surface area contributed by atoms with E-state index in [4.69, 9.17) is 9.15 Å². The molecule has 7 heteroatoms. The Morgan fingerprint density at radius 2 is 2.08 bits per heavy atom. The molecular formula is C17H13FN2O3S. The molecule has 0 aliphatic rings. The van der Waals surface area contributed by atoms with Gasteiger partial charge in [-0.25, -0.2) is 9.18 Å². The molecule has 2 heterocycles. The van der Waals surface area contributed by atoms with Gasteiger partial charge in [0.15, 0.2) is 6.10 Å². The molecule has 1 aromatic carbocycles. The van der Waals surface area contributed by atoms with Gasteiger partial charge < -0.3 is 9.15 Å². The summed E-state index contributed by atoms with van der Waals surface area (Å²) in [6.45, 7) is 1.64. The number of nitrogens with zero attached hydrogens (tertiary/aromatic N) is 2. The third kappa shape index (κ3) is 3.94. The molecule has 3 rings (SSSR count). The zero-order valence-corrected chi connectivity index (χ0v) is 13.5. The highest BCUT2D eigenvalue weighted by atomic mass is 32.1. The smallest absolute Gasteiger partial charge is 0.331 e. The zero-order chi connectivity index (χ0) is 16.9. The van der Waals surface area contributed by atoms with Crippen molar-refractivity contribution in [2.45, 2.75) is 13.0 Å². The molecule has 0 fully saturated rings. The molecule has 0 amide bonds. The highest BCUT2D eigenvalue weighted by Gasteiger charge is 2.18. The normalized spacial score (nSPS) is 12.4. The Labute approximate surface area is 141 Å². The Hall–Kier alpha value is -2.80. The number of benzene rings is 1. The predicted molar refractivity (Wildman–Crippen MR) is 87.6 cm³/mol. The molecular weight excluding hydrogens is 331 g/mol. The minimum absolute atomic E-state index is 0.173. The van der Waals surface area contributed by atoms with E-state index in [0.29, 0.717) is 5.56 Å². The van der Waals surface area contributed by atoms with E-state index in [1.807, 2.05) is 17.5 Å². The van der Waals surface area contributed by atoms with E-state index in [2.05, 4.69) is 10.2 Å². The summed E-state index contributed by atoms with van der Waals surface area (Å²) < 4.78 is 23.6. The van der Waals surface area contributed by atoms with Crippen LogP contribution >= 0.6 is 11.3 Å². The maximum atomic E-state index is 12.9.